The van der Waals surface area contributed by atoms with Crippen molar-refractivity contribution in [2.75, 3.05) is 13.2 Å². The van der Waals surface area contributed by atoms with Crippen LogP contribution in [-0.2, 0) is 0 Å². The second-order valence-corrected chi connectivity index (χ2v) is 4.89. The van der Waals surface area contributed by atoms with Crippen molar-refractivity contribution in [2.45, 2.75) is 26.1 Å². The summed E-state index contributed by atoms with van der Waals surface area (Å²) in [5.74, 6) is 0.305. The first-order chi connectivity index (χ1) is 9.92. The van der Waals surface area contributed by atoms with E-state index in [1.54, 1.807) is 12.1 Å². The van der Waals surface area contributed by atoms with Gasteiger partial charge in [-0.2, -0.15) is 13.2 Å². The molecule has 2 nitrogen and oxygen atoms in total. The van der Waals surface area contributed by atoms with Crippen molar-refractivity contribution >= 4 is 10.8 Å². The minimum Gasteiger partial charge on any atom is -0.483 e. The topological polar surface area (TPSA) is 21.3 Å². The molecule has 0 bridgehead atoms. The van der Waals surface area contributed by atoms with Crippen LogP contribution < -0.4 is 10.1 Å². The first-order valence-electron chi connectivity index (χ1n) is 6.87. The molecule has 2 aromatic carbocycles. The Morgan fingerprint density at radius 1 is 1.14 bits per heavy atom. The van der Waals surface area contributed by atoms with Crippen LogP contribution in [0.4, 0.5) is 13.2 Å². The molecule has 0 heterocycles. The molecule has 114 valence electrons. The summed E-state index contributed by atoms with van der Waals surface area (Å²) in [6, 6.07) is 10.9. The van der Waals surface area contributed by atoms with Gasteiger partial charge in [0.15, 0.2) is 6.61 Å². The van der Waals surface area contributed by atoms with E-state index in [9.17, 15) is 13.2 Å². The molecule has 0 aliphatic carbocycles. The molecule has 5 heteroatoms. The van der Waals surface area contributed by atoms with Gasteiger partial charge in [0.1, 0.15) is 5.75 Å². The van der Waals surface area contributed by atoms with Crippen molar-refractivity contribution < 1.29 is 17.9 Å². The maximum absolute atomic E-state index is 12.5. The van der Waals surface area contributed by atoms with E-state index in [1.807, 2.05) is 38.1 Å². The maximum Gasteiger partial charge on any atom is 0.422 e. The molecule has 21 heavy (non-hydrogen) atoms. The summed E-state index contributed by atoms with van der Waals surface area (Å²) in [6.07, 6.45) is -4.35. The summed E-state index contributed by atoms with van der Waals surface area (Å²) in [5, 5.41) is 4.76. The molecule has 0 spiro atoms. The minimum atomic E-state index is -4.35. The number of fused-ring (bicyclic) bond motifs is 1. The van der Waals surface area contributed by atoms with Gasteiger partial charge in [-0.05, 0) is 18.9 Å². The van der Waals surface area contributed by atoms with Gasteiger partial charge in [-0.1, -0.05) is 43.3 Å². The molecule has 0 fully saturated rings. The normalized spacial score (nSPS) is 13.4. The SMILES string of the molecule is CCNC(C)c1ccc2ccccc2c1OCC(F)(F)F. The molecule has 0 aromatic heterocycles. The molecule has 1 atom stereocenters. The maximum atomic E-state index is 12.5. The Hall–Kier alpha value is -1.75. The first-order valence-corrected chi connectivity index (χ1v) is 6.87. The highest BCUT2D eigenvalue weighted by atomic mass is 19.4. The van der Waals surface area contributed by atoms with Crippen LogP contribution in [0.15, 0.2) is 36.4 Å². The summed E-state index contributed by atoms with van der Waals surface area (Å²) in [4.78, 5) is 0. The summed E-state index contributed by atoms with van der Waals surface area (Å²) in [5.41, 5.74) is 0.736. The third-order valence-electron chi connectivity index (χ3n) is 3.27. The van der Waals surface area contributed by atoms with E-state index in [0.717, 1.165) is 17.5 Å². The highest BCUT2D eigenvalue weighted by molar-refractivity contribution is 5.89. The van der Waals surface area contributed by atoms with Gasteiger partial charge in [-0.15, -0.1) is 0 Å². The molecule has 1 unspecified atom stereocenters. The van der Waals surface area contributed by atoms with Gasteiger partial charge < -0.3 is 10.1 Å². The number of benzene rings is 2. The molecular weight excluding hydrogens is 279 g/mol. The first kappa shape index (κ1) is 15.6. The number of rotatable bonds is 5. The van der Waals surface area contributed by atoms with Gasteiger partial charge in [0, 0.05) is 17.0 Å². The Morgan fingerprint density at radius 3 is 2.52 bits per heavy atom. The number of hydrogen-bond acceptors (Lipinski definition) is 2. The Bertz CT molecular complexity index is 610. The summed E-state index contributed by atoms with van der Waals surface area (Å²) < 4.78 is 42.6. The molecule has 0 radical (unpaired) electrons. The molecule has 1 N–H and O–H groups in total. The highest BCUT2D eigenvalue weighted by Gasteiger charge is 2.29. The van der Waals surface area contributed by atoms with Crippen molar-refractivity contribution in [1.82, 2.24) is 5.32 Å². The van der Waals surface area contributed by atoms with Crippen LogP contribution in [0.3, 0.4) is 0 Å². The van der Waals surface area contributed by atoms with E-state index in [2.05, 4.69) is 5.32 Å². The van der Waals surface area contributed by atoms with Gasteiger partial charge in [-0.25, -0.2) is 0 Å². The van der Waals surface area contributed by atoms with E-state index in [4.69, 9.17) is 4.74 Å². The minimum absolute atomic E-state index is 0.0807. The quantitative estimate of drug-likeness (QED) is 0.880. The monoisotopic (exact) mass is 297 g/mol. The number of hydrogen-bond donors (Lipinski definition) is 1. The fourth-order valence-electron chi connectivity index (χ4n) is 2.33. The number of ether oxygens (including phenoxy) is 1. The van der Waals surface area contributed by atoms with Gasteiger partial charge in [0.25, 0.3) is 0 Å². The van der Waals surface area contributed by atoms with E-state index in [0.29, 0.717) is 11.1 Å². The zero-order valence-electron chi connectivity index (χ0n) is 12.0. The van der Waals surface area contributed by atoms with Crippen LogP contribution in [0.1, 0.15) is 25.5 Å². The molecule has 2 rings (SSSR count). The summed E-state index contributed by atoms with van der Waals surface area (Å²) in [7, 11) is 0. The second-order valence-electron chi connectivity index (χ2n) is 4.89. The lowest BCUT2D eigenvalue weighted by molar-refractivity contribution is -0.153. The number of nitrogens with one attached hydrogen (secondary N) is 1. The Kier molecular flexibility index (Phi) is 4.73. The van der Waals surface area contributed by atoms with Crippen molar-refractivity contribution in [1.29, 1.82) is 0 Å². The average molecular weight is 297 g/mol. The van der Waals surface area contributed by atoms with Gasteiger partial charge in [0.2, 0.25) is 0 Å². The number of halogens is 3. The molecule has 0 aliphatic heterocycles. The fourth-order valence-corrected chi connectivity index (χ4v) is 2.33. The van der Waals surface area contributed by atoms with Crippen LogP contribution in [0, 0.1) is 0 Å². The lowest BCUT2D eigenvalue weighted by atomic mass is 10.0. The smallest absolute Gasteiger partial charge is 0.422 e. The van der Waals surface area contributed by atoms with E-state index >= 15 is 0 Å². The molecule has 2 aromatic rings. The van der Waals surface area contributed by atoms with E-state index in [-0.39, 0.29) is 6.04 Å². The van der Waals surface area contributed by atoms with Crippen molar-refractivity contribution in [3.8, 4) is 5.75 Å². The van der Waals surface area contributed by atoms with Gasteiger partial charge in [-0.3, -0.25) is 0 Å². The third kappa shape index (κ3) is 3.88. The molecule has 0 saturated heterocycles. The molecule has 0 saturated carbocycles. The summed E-state index contributed by atoms with van der Waals surface area (Å²) >= 11 is 0. The van der Waals surface area contributed by atoms with Gasteiger partial charge >= 0.3 is 6.18 Å². The second kappa shape index (κ2) is 6.35. The number of alkyl halides is 3. The van der Waals surface area contributed by atoms with E-state index in [1.165, 1.54) is 0 Å². The zero-order chi connectivity index (χ0) is 15.5. The Morgan fingerprint density at radius 2 is 1.86 bits per heavy atom. The Labute approximate surface area is 121 Å². The lowest BCUT2D eigenvalue weighted by Crippen LogP contribution is -2.22. The summed E-state index contributed by atoms with van der Waals surface area (Å²) in [6.45, 7) is 3.31. The predicted molar refractivity (Wildman–Crippen MR) is 77.6 cm³/mol. The fraction of sp³-hybridized carbons (Fsp3) is 0.375. The Balaban J connectivity index is 2.46. The van der Waals surface area contributed by atoms with Crippen LogP contribution in [-0.4, -0.2) is 19.3 Å². The molecule has 0 amide bonds. The van der Waals surface area contributed by atoms with Gasteiger partial charge in [0.05, 0.1) is 0 Å². The van der Waals surface area contributed by atoms with Crippen molar-refractivity contribution in [2.24, 2.45) is 0 Å². The van der Waals surface area contributed by atoms with Crippen LogP contribution in [0.25, 0.3) is 10.8 Å². The van der Waals surface area contributed by atoms with Crippen LogP contribution >= 0.6 is 0 Å². The molecule has 0 aliphatic rings. The van der Waals surface area contributed by atoms with E-state index < -0.39 is 12.8 Å². The van der Waals surface area contributed by atoms with Crippen LogP contribution in [0.5, 0.6) is 5.75 Å². The largest absolute Gasteiger partial charge is 0.483 e. The van der Waals surface area contributed by atoms with Crippen LogP contribution in [0.2, 0.25) is 0 Å². The average Bonchev–Trinajstić information content (AvgIpc) is 2.43. The molecular formula is C16H18F3NO. The highest BCUT2D eigenvalue weighted by Crippen LogP contribution is 2.34. The lowest BCUT2D eigenvalue weighted by Gasteiger charge is -2.20. The predicted octanol–water partition coefficient (Wildman–Crippen LogP) is 4.45. The standard InChI is InChI=1S/C16H18F3NO/c1-3-20-11(2)13-9-8-12-6-4-5-7-14(12)15(13)21-10-16(17,18)19/h4-9,11,20H,3,10H2,1-2H3. The zero-order valence-corrected chi connectivity index (χ0v) is 12.0. The third-order valence-corrected chi connectivity index (χ3v) is 3.27. The van der Waals surface area contributed by atoms with Crippen molar-refractivity contribution in [3.05, 3.63) is 42.0 Å². The van der Waals surface area contributed by atoms with Crippen molar-refractivity contribution in [3.63, 3.8) is 0 Å².